The van der Waals surface area contributed by atoms with E-state index in [1.165, 1.54) is 18.2 Å². The Hall–Kier alpha value is -3.29. The van der Waals surface area contributed by atoms with Gasteiger partial charge in [0.15, 0.2) is 0 Å². The molecule has 3 amide bonds. The van der Waals surface area contributed by atoms with E-state index >= 15 is 0 Å². The van der Waals surface area contributed by atoms with Gasteiger partial charge in [-0.2, -0.15) is 13.2 Å². The molecule has 1 aliphatic rings. The molecule has 28 heavy (non-hydrogen) atoms. The van der Waals surface area contributed by atoms with Gasteiger partial charge in [-0.1, -0.05) is 43.0 Å². The fraction of sp³-hybridized carbons (Fsp3) is 0.200. The van der Waals surface area contributed by atoms with Gasteiger partial charge in [0.1, 0.15) is 5.92 Å². The van der Waals surface area contributed by atoms with Gasteiger partial charge < -0.3 is 16.0 Å². The fourth-order valence-corrected chi connectivity index (χ4v) is 3.24. The molecule has 1 fully saturated rings. The summed E-state index contributed by atoms with van der Waals surface area (Å²) in [5.41, 5.74) is 0.320. The SMILES string of the molecule is C=C1NC(=O)N[C@@H](c2ccccc2C)[C@@H]1C(=O)Nc1ccccc1C(F)(F)F. The molecule has 0 radical (unpaired) electrons. The van der Waals surface area contributed by atoms with Gasteiger partial charge in [0, 0.05) is 5.70 Å². The topological polar surface area (TPSA) is 70.2 Å². The quantitative estimate of drug-likeness (QED) is 0.739. The van der Waals surface area contributed by atoms with Crippen molar-refractivity contribution < 1.29 is 22.8 Å². The predicted molar refractivity (Wildman–Crippen MR) is 98.3 cm³/mol. The molecule has 2 atom stereocenters. The first kappa shape index (κ1) is 19.5. The van der Waals surface area contributed by atoms with E-state index in [9.17, 15) is 22.8 Å². The third-order valence-corrected chi connectivity index (χ3v) is 4.57. The molecule has 0 saturated carbocycles. The van der Waals surface area contributed by atoms with Gasteiger partial charge >= 0.3 is 12.2 Å². The summed E-state index contributed by atoms with van der Waals surface area (Å²) in [5, 5.41) is 7.44. The van der Waals surface area contributed by atoms with Crippen molar-refractivity contribution >= 4 is 17.6 Å². The monoisotopic (exact) mass is 389 g/mol. The number of urea groups is 1. The standard InChI is InChI=1S/C20H18F3N3O2/c1-11-7-3-4-8-13(11)17-16(12(2)24-19(28)26-17)18(27)25-15-10-6-5-9-14(15)20(21,22)23/h3-10,16-17H,2H2,1H3,(H,25,27)(H2,24,26,28)/t16-,17+/m1/s1. The first-order valence-electron chi connectivity index (χ1n) is 8.47. The van der Waals surface area contributed by atoms with Gasteiger partial charge in [-0.3, -0.25) is 4.79 Å². The second-order valence-electron chi connectivity index (χ2n) is 6.47. The van der Waals surface area contributed by atoms with Gasteiger partial charge in [0.25, 0.3) is 0 Å². The van der Waals surface area contributed by atoms with E-state index in [1.807, 2.05) is 19.1 Å². The Balaban J connectivity index is 1.96. The van der Waals surface area contributed by atoms with E-state index < -0.39 is 35.6 Å². The second-order valence-corrected chi connectivity index (χ2v) is 6.47. The molecule has 146 valence electrons. The van der Waals surface area contributed by atoms with Crippen LogP contribution in [-0.2, 0) is 11.0 Å². The molecule has 8 heteroatoms. The van der Waals surface area contributed by atoms with Gasteiger partial charge in [0.2, 0.25) is 5.91 Å². The number of benzene rings is 2. The number of halogens is 3. The highest BCUT2D eigenvalue weighted by Crippen LogP contribution is 2.36. The first-order chi connectivity index (χ1) is 13.2. The number of para-hydroxylation sites is 1. The maximum absolute atomic E-state index is 13.2. The highest BCUT2D eigenvalue weighted by Gasteiger charge is 2.40. The van der Waals surface area contributed by atoms with E-state index in [2.05, 4.69) is 22.5 Å². The Morgan fingerprint density at radius 3 is 2.43 bits per heavy atom. The Bertz CT molecular complexity index is 940. The minimum absolute atomic E-state index is 0.110. The summed E-state index contributed by atoms with van der Waals surface area (Å²) in [6.45, 7) is 5.55. The Labute approximate surface area is 159 Å². The molecule has 0 unspecified atom stereocenters. The number of alkyl halides is 3. The van der Waals surface area contributed by atoms with E-state index in [0.29, 0.717) is 5.56 Å². The average Bonchev–Trinajstić information content (AvgIpc) is 2.61. The fourth-order valence-electron chi connectivity index (χ4n) is 3.24. The largest absolute Gasteiger partial charge is 0.418 e. The minimum Gasteiger partial charge on any atom is -0.330 e. The number of anilines is 1. The molecular weight excluding hydrogens is 371 g/mol. The Morgan fingerprint density at radius 2 is 1.75 bits per heavy atom. The molecule has 0 aliphatic carbocycles. The van der Waals surface area contributed by atoms with Crippen LogP contribution in [0.1, 0.15) is 22.7 Å². The zero-order chi connectivity index (χ0) is 20.5. The number of amides is 3. The molecule has 1 heterocycles. The molecule has 1 saturated heterocycles. The molecule has 5 nitrogen and oxygen atoms in total. The van der Waals surface area contributed by atoms with Crippen molar-refractivity contribution in [2.24, 2.45) is 5.92 Å². The van der Waals surface area contributed by atoms with Crippen LogP contribution in [0.15, 0.2) is 60.8 Å². The highest BCUT2D eigenvalue weighted by molar-refractivity contribution is 5.97. The zero-order valence-corrected chi connectivity index (χ0v) is 14.9. The van der Waals surface area contributed by atoms with Crippen LogP contribution in [0, 0.1) is 12.8 Å². The summed E-state index contributed by atoms with van der Waals surface area (Å²) in [7, 11) is 0. The Kier molecular flexibility index (Phi) is 5.13. The zero-order valence-electron chi connectivity index (χ0n) is 14.9. The van der Waals surface area contributed by atoms with Gasteiger partial charge in [0.05, 0.1) is 17.3 Å². The molecule has 0 aromatic heterocycles. The molecular formula is C20H18F3N3O2. The second kappa shape index (κ2) is 7.38. The number of carbonyl (C=O) groups is 2. The van der Waals surface area contributed by atoms with Crippen molar-refractivity contribution in [3.05, 3.63) is 77.5 Å². The molecule has 2 aromatic rings. The summed E-state index contributed by atoms with van der Waals surface area (Å²) < 4.78 is 39.7. The molecule has 3 rings (SSSR count). The normalized spacial score (nSPS) is 19.6. The van der Waals surface area contributed by atoms with E-state index in [-0.39, 0.29) is 11.4 Å². The molecule has 1 aliphatic heterocycles. The van der Waals surface area contributed by atoms with Crippen molar-refractivity contribution in [2.45, 2.75) is 19.1 Å². The van der Waals surface area contributed by atoms with Crippen LogP contribution in [-0.4, -0.2) is 11.9 Å². The molecule has 3 N–H and O–H groups in total. The van der Waals surface area contributed by atoms with Crippen molar-refractivity contribution in [2.75, 3.05) is 5.32 Å². The third-order valence-electron chi connectivity index (χ3n) is 4.57. The first-order valence-corrected chi connectivity index (χ1v) is 8.47. The van der Waals surface area contributed by atoms with Crippen LogP contribution in [0.3, 0.4) is 0 Å². The van der Waals surface area contributed by atoms with Crippen molar-refractivity contribution in [1.82, 2.24) is 10.6 Å². The van der Waals surface area contributed by atoms with E-state index in [0.717, 1.165) is 11.6 Å². The predicted octanol–water partition coefficient (Wildman–Crippen LogP) is 4.14. The van der Waals surface area contributed by atoms with Crippen molar-refractivity contribution in [3.8, 4) is 0 Å². The average molecular weight is 389 g/mol. The number of hydrogen-bond acceptors (Lipinski definition) is 2. The molecule has 0 spiro atoms. The summed E-state index contributed by atoms with van der Waals surface area (Å²) in [6.07, 6.45) is -4.62. The lowest BCUT2D eigenvalue weighted by Gasteiger charge is -2.34. The van der Waals surface area contributed by atoms with Crippen molar-refractivity contribution in [1.29, 1.82) is 0 Å². The number of aryl methyl sites for hydroxylation is 1. The maximum Gasteiger partial charge on any atom is 0.418 e. The van der Waals surface area contributed by atoms with E-state index in [1.54, 1.807) is 12.1 Å². The van der Waals surface area contributed by atoms with Gasteiger partial charge in [-0.15, -0.1) is 0 Å². The summed E-state index contributed by atoms with van der Waals surface area (Å²) in [5.74, 6) is -1.71. The van der Waals surface area contributed by atoms with E-state index in [4.69, 9.17) is 0 Å². The Morgan fingerprint density at radius 1 is 1.11 bits per heavy atom. The molecule has 2 aromatic carbocycles. The van der Waals surface area contributed by atoms with Crippen LogP contribution in [0.5, 0.6) is 0 Å². The van der Waals surface area contributed by atoms with Crippen LogP contribution in [0.4, 0.5) is 23.7 Å². The lowest BCUT2D eigenvalue weighted by atomic mass is 9.86. The lowest BCUT2D eigenvalue weighted by Crippen LogP contribution is -2.52. The lowest BCUT2D eigenvalue weighted by molar-refractivity contribution is -0.137. The summed E-state index contributed by atoms with van der Waals surface area (Å²) in [4.78, 5) is 24.8. The van der Waals surface area contributed by atoms with Crippen LogP contribution in [0.25, 0.3) is 0 Å². The van der Waals surface area contributed by atoms with Crippen LogP contribution >= 0.6 is 0 Å². The van der Waals surface area contributed by atoms with Crippen molar-refractivity contribution in [3.63, 3.8) is 0 Å². The highest BCUT2D eigenvalue weighted by atomic mass is 19.4. The number of hydrogen-bond donors (Lipinski definition) is 3. The molecule has 0 bridgehead atoms. The van der Waals surface area contributed by atoms with Crippen LogP contribution < -0.4 is 16.0 Å². The van der Waals surface area contributed by atoms with Gasteiger partial charge in [-0.05, 0) is 30.2 Å². The smallest absolute Gasteiger partial charge is 0.330 e. The number of nitrogens with one attached hydrogen (secondary N) is 3. The third kappa shape index (κ3) is 3.85. The minimum atomic E-state index is -4.62. The number of carbonyl (C=O) groups excluding carboxylic acids is 2. The van der Waals surface area contributed by atoms with Crippen LogP contribution in [0.2, 0.25) is 0 Å². The summed E-state index contributed by atoms with van der Waals surface area (Å²) in [6, 6.07) is 10.6. The summed E-state index contributed by atoms with van der Waals surface area (Å²) >= 11 is 0. The van der Waals surface area contributed by atoms with Gasteiger partial charge in [-0.25, -0.2) is 4.79 Å². The number of rotatable bonds is 3. The maximum atomic E-state index is 13.2.